The second kappa shape index (κ2) is 5.61. The molecule has 1 amide bonds. The maximum atomic E-state index is 12.0. The molecule has 6 nitrogen and oxygen atoms in total. The Morgan fingerprint density at radius 3 is 2.42 bits per heavy atom. The monoisotopic (exact) mass is 271 g/mol. The summed E-state index contributed by atoms with van der Waals surface area (Å²) in [4.78, 5) is 24.5. The highest BCUT2D eigenvalue weighted by atomic mass is 16.6. The topological polar surface area (TPSA) is 76.1 Å². The maximum absolute atomic E-state index is 12.0. The molecule has 0 spiro atoms. The Kier molecular flexibility index (Phi) is 4.57. The lowest BCUT2D eigenvalue weighted by atomic mass is 9.91. The number of ether oxygens (including phenoxy) is 2. The summed E-state index contributed by atoms with van der Waals surface area (Å²) in [6.07, 6.45) is -0.604. The number of likely N-dealkylation sites (tertiary alicyclic amines) is 1. The van der Waals surface area contributed by atoms with Crippen LogP contribution in [0.1, 0.15) is 27.2 Å². The number of carboxylic acid groups (broad SMARTS) is 1. The van der Waals surface area contributed by atoms with Crippen molar-refractivity contribution in [3.63, 3.8) is 0 Å². The summed E-state index contributed by atoms with van der Waals surface area (Å²) < 4.78 is 10.4. The average Bonchev–Trinajstić information content (AvgIpc) is 2.25. The van der Waals surface area contributed by atoms with Gasteiger partial charge in [0, 0.05) is 19.4 Å². The number of piperidine rings is 1. The molecule has 0 aromatic heterocycles. The summed E-state index contributed by atoms with van der Waals surface area (Å²) >= 11 is 0. The highest BCUT2D eigenvalue weighted by Crippen LogP contribution is 2.29. The number of hydrogen-bond acceptors (Lipinski definition) is 4. The molecule has 0 bridgehead atoms. The molecule has 1 rings (SSSR count). The first-order valence-corrected chi connectivity index (χ1v) is 6.12. The van der Waals surface area contributed by atoms with E-state index >= 15 is 0 Å². The molecule has 1 saturated heterocycles. The predicted octanol–water partition coefficient (Wildman–Crippen LogP) is 1.86. The van der Waals surface area contributed by atoms with Crippen molar-refractivity contribution in [3.8, 4) is 0 Å². The smallest absolute Gasteiger partial charge is 0.414 e. The van der Waals surface area contributed by atoms with Crippen LogP contribution in [0.25, 0.3) is 0 Å². The number of methoxy groups -OCH3 is 1. The molecular weight excluding hydrogens is 250 g/mol. The number of rotatable bonds is 2. The molecule has 19 heavy (non-hydrogen) atoms. The van der Waals surface area contributed by atoms with Crippen molar-refractivity contribution < 1.29 is 24.2 Å². The van der Waals surface area contributed by atoms with Crippen molar-refractivity contribution in [3.05, 3.63) is 12.3 Å². The largest absolute Gasteiger partial charge is 0.481 e. The number of amides is 1. The molecule has 0 aromatic carbocycles. The summed E-state index contributed by atoms with van der Waals surface area (Å²) in [6, 6.07) is 0. The first kappa shape index (κ1) is 15.5. The van der Waals surface area contributed by atoms with Crippen LogP contribution in [0.3, 0.4) is 0 Å². The summed E-state index contributed by atoms with van der Waals surface area (Å²) in [7, 11) is 1.46. The Morgan fingerprint density at radius 1 is 1.42 bits per heavy atom. The van der Waals surface area contributed by atoms with E-state index in [0.717, 1.165) is 0 Å². The van der Waals surface area contributed by atoms with E-state index in [1.165, 1.54) is 12.0 Å². The standard InChI is InChI=1S/C13H21NO5/c1-8-10(11(15)16)9(18-5)6-7-14(8)12(17)19-13(2,3)4/h9-10H,1,6-7H2,2-5H3,(H,15,16). The van der Waals surface area contributed by atoms with Gasteiger partial charge in [0.25, 0.3) is 0 Å². The number of carbonyl (C=O) groups is 2. The summed E-state index contributed by atoms with van der Waals surface area (Å²) in [6.45, 7) is 9.32. The Hall–Kier alpha value is -1.56. The van der Waals surface area contributed by atoms with Crippen molar-refractivity contribution in [1.82, 2.24) is 4.90 Å². The number of carboxylic acids is 1. The molecule has 6 heteroatoms. The third-order valence-electron chi connectivity index (χ3n) is 2.90. The lowest BCUT2D eigenvalue weighted by Crippen LogP contribution is -2.48. The molecule has 1 fully saturated rings. The van der Waals surface area contributed by atoms with E-state index in [0.29, 0.717) is 13.0 Å². The average molecular weight is 271 g/mol. The zero-order valence-electron chi connectivity index (χ0n) is 11.8. The fraction of sp³-hybridized carbons (Fsp3) is 0.692. The Balaban J connectivity index is 2.86. The van der Waals surface area contributed by atoms with Gasteiger partial charge in [-0.1, -0.05) is 6.58 Å². The SMILES string of the molecule is C=C1C(C(=O)O)C(OC)CCN1C(=O)OC(C)(C)C. The zero-order valence-corrected chi connectivity index (χ0v) is 11.8. The lowest BCUT2D eigenvalue weighted by Gasteiger charge is -2.38. The predicted molar refractivity (Wildman–Crippen MR) is 68.6 cm³/mol. The van der Waals surface area contributed by atoms with Crippen LogP contribution >= 0.6 is 0 Å². The van der Waals surface area contributed by atoms with Crippen LogP contribution in [0.5, 0.6) is 0 Å². The van der Waals surface area contributed by atoms with E-state index in [2.05, 4.69) is 6.58 Å². The van der Waals surface area contributed by atoms with E-state index in [1.807, 2.05) is 0 Å². The van der Waals surface area contributed by atoms with Crippen molar-refractivity contribution in [1.29, 1.82) is 0 Å². The normalized spacial score (nSPS) is 24.2. The van der Waals surface area contributed by atoms with Gasteiger partial charge in [0.2, 0.25) is 0 Å². The third-order valence-corrected chi connectivity index (χ3v) is 2.90. The third kappa shape index (κ3) is 3.70. The van der Waals surface area contributed by atoms with Gasteiger partial charge in [0.1, 0.15) is 11.5 Å². The minimum Gasteiger partial charge on any atom is -0.481 e. The van der Waals surface area contributed by atoms with E-state index in [1.54, 1.807) is 20.8 Å². The molecule has 2 unspecified atom stereocenters. The first-order chi connectivity index (χ1) is 8.67. The van der Waals surface area contributed by atoms with Crippen LogP contribution in [0, 0.1) is 5.92 Å². The van der Waals surface area contributed by atoms with Gasteiger partial charge in [-0.3, -0.25) is 9.69 Å². The highest BCUT2D eigenvalue weighted by Gasteiger charge is 2.40. The van der Waals surface area contributed by atoms with Gasteiger partial charge in [0.15, 0.2) is 0 Å². The molecule has 0 aliphatic carbocycles. The van der Waals surface area contributed by atoms with Crippen LogP contribution in [0.15, 0.2) is 12.3 Å². The highest BCUT2D eigenvalue weighted by molar-refractivity contribution is 5.78. The maximum Gasteiger partial charge on any atom is 0.414 e. The molecule has 1 aliphatic rings. The molecule has 1 aliphatic heterocycles. The van der Waals surface area contributed by atoms with Crippen molar-refractivity contribution in [2.75, 3.05) is 13.7 Å². The second-order valence-corrected chi connectivity index (χ2v) is 5.50. The number of hydrogen-bond donors (Lipinski definition) is 1. The van der Waals surface area contributed by atoms with E-state index in [4.69, 9.17) is 9.47 Å². The van der Waals surface area contributed by atoms with Crippen LogP contribution in [-0.2, 0) is 14.3 Å². The quantitative estimate of drug-likeness (QED) is 0.829. The number of nitrogens with zero attached hydrogens (tertiary/aromatic N) is 1. The molecule has 0 saturated carbocycles. The van der Waals surface area contributed by atoms with Gasteiger partial charge in [-0.05, 0) is 27.2 Å². The molecule has 0 aromatic rings. The van der Waals surface area contributed by atoms with Gasteiger partial charge in [-0.15, -0.1) is 0 Å². The van der Waals surface area contributed by atoms with Gasteiger partial charge >= 0.3 is 12.1 Å². The fourth-order valence-corrected chi connectivity index (χ4v) is 2.03. The molecule has 1 N–H and O–H groups in total. The van der Waals surface area contributed by atoms with Gasteiger partial charge in [0.05, 0.1) is 6.10 Å². The van der Waals surface area contributed by atoms with Crippen molar-refractivity contribution in [2.24, 2.45) is 5.92 Å². The zero-order chi connectivity index (χ0) is 14.8. The summed E-state index contributed by atoms with van der Waals surface area (Å²) in [5.74, 6) is -1.98. The minimum absolute atomic E-state index is 0.208. The van der Waals surface area contributed by atoms with Crippen LogP contribution in [0.4, 0.5) is 4.79 Å². The lowest BCUT2D eigenvalue weighted by molar-refractivity contribution is -0.147. The number of aliphatic carboxylic acids is 1. The van der Waals surface area contributed by atoms with Crippen molar-refractivity contribution >= 4 is 12.1 Å². The first-order valence-electron chi connectivity index (χ1n) is 6.12. The Labute approximate surface area is 113 Å². The summed E-state index contributed by atoms with van der Waals surface area (Å²) in [5.41, 5.74) is -0.423. The van der Waals surface area contributed by atoms with Crippen LogP contribution in [-0.4, -0.2) is 47.4 Å². The van der Waals surface area contributed by atoms with Crippen LogP contribution < -0.4 is 0 Å². The molecule has 1 heterocycles. The molecule has 108 valence electrons. The minimum atomic E-state index is -1.05. The van der Waals surface area contributed by atoms with Crippen molar-refractivity contribution in [2.45, 2.75) is 38.9 Å². The van der Waals surface area contributed by atoms with Gasteiger partial charge in [-0.2, -0.15) is 0 Å². The van der Waals surface area contributed by atoms with E-state index in [-0.39, 0.29) is 5.70 Å². The van der Waals surface area contributed by atoms with E-state index < -0.39 is 29.7 Å². The van der Waals surface area contributed by atoms with E-state index in [9.17, 15) is 14.7 Å². The molecular formula is C13H21NO5. The van der Waals surface area contributed by atoms with Gasteiger partial charge < -0.3 is 14.6 Å². The molecule has 2 atom stereocenters. The Bertz CT molecular complexity index is 385. The van der Waals surface area contributed by atoms with Crippen LogP contribution in [0.2, 0.25) is 0 Å². The van der Waals surface area contributed by atoms with Gasteiger partial charge in [-0.25, -0.2) is 4.79 Å². The summed E-state index contributed by atoms with van der Waals surface area (Å²) in [5, 5.41) is 9.22. The molecule has 0 radical (unpaired) electrons. The Morgan fingerprint density at radius 2 is 2.00 bits per heavy atom. The second-order valence-electron chi connectivity index (χ2n) is 5.50. The number of carbonyl (C=O) groups excluding carboxylic acids is 1. The fourth-order valence-electron chi connectivity index (χ4n) is 2.03.